The summed E-state index contributed by atoms with van der Waals surface area (Å²) in [4.78, 5) is 12.8. The highest BCUT2D eigenvalue weighted by Gasteiger charge is 2.15. The van der Waals surface area contributed by atoms with Gasteiger partial charge in [0.25, 0.3) is 0 Å². The molecular formula is C21H15BrN2O. The highest BCUT2D eigenvalue weighted by atomic mass is 79.9. The third kappa shape index (κ3) is 4.37. The van der Waals surface area contributed by atoms with Crippen LogP contribution in [0.4, 0.5) is 0 Å². The number of halogens is 1. The van der Waals surface area contributed by atoms with Crippen molar-refractivity contribution in [1.82, 2.24) is 0 Å². The largest absolute Gasteiger partial charge is 0.287 e. The molecule has 0 aromatic heterocycles. The van der Waals surface area contributed by atoms with Crippen LogP contribution < -0.4 is 0 Å². The number of rotatable bonds is 5. The lowest BCUT2D eigenvalue weighted by atomic mass is 10.0. The van der Waals surface area contributed by atoms with Gasteiger partial charge in [0.05, 0.1) is 6.21 Å². The summed E-state index contributed by atoms with van der Waals surface area (Å²) in [5.41, 5.74) is 2.53. The zero-order chi connectivity index (χ0) is 17.5. The maximum Gasteiger partial charge on any atom is 0.213 e. The minimum atomic E-state index is -0.156. The Hall–Kier alpha value is -2.85. The number of nitrogens with zero attached hydrogens (tertiary/aromatic N) is 2. The molecule has 0 aliphatic rings. The fourth-order valence-electron chi connectivity index (χ4n) is 2.29. The van der Waals surface area contributed by atoms with E-state index in [0.717, 1.165) is 15.6 Å². The molecule has 0 bridgehead atoms. The Balaban J connectivity index is 1.97. The molecule has 0 aliphatic heterocycles. The Kier molecular flexibility index (Phi) is 5.65. The first kappa shape index (κ1) is 17.0. The van der Waals surface area contributed by atoms with E-state index in [-0.39, 0.29) is 5.78 Å². The second-order valence-electron chi connectivity index (χ2n) is 5.28. The second kappa shape index (κ2) is 8.31. The number of Topliss-reactive ketones (excluding diaryl/α,β-unsaturated/α-hetero) is 1. The van der Waals surface area contributed by atoms with Gasteiger partial charge >= 0.3 is 0 Å². The number of hydrogen-bond acceptors (Lipinski definition) is 3. The van der Waals surface area contributed by atoms with Gasteiger partial charge in [0.1, 0.15) is 5.71 Å². The SMILES string of the molecule is O=C(C(=NN=Cc1ccccc1Br)c1ccccc1)c1ccccc1. The Bertz CT molecular complexity index is 919. The lowest BCUT2D eigenvalue weighted by Crippen LogP contribution is -2.15. The topological polar surface area (TPSA) is 41.8 Å². The Morgan fingerprint density at radius 2 is 1.32 bits per heavy atom. The van der Waals surface area contributed by atoms with Crippen LogP contribution in [0.2, 0.25) is 0 Å². The predicted octanol–water partition coefficient (Wildman–Crippen LogP) is 5.16. The lowest BCUT2D eigenvalue weighted by Gasteiger charge is -2.04. The molecule has 0 amide bonds. The van der Waals surface area contributed by atoms with Crippen molar-refractivity contribution in [3.8, 4) is 0 Å². The molecule has 122 valence electrons. The van der Waals surface area contributed by atoms with E-state index >= 15 is 0 Å². The highest BCUT2D eigenvalue weighted by molar-refractivity contribution is 9.10. The zero-order valence-electron chi connectivity index (χ0n) is 13.3. The van der Waals surface area contributed by atoms with Crippen molar-refractivity contribution in [3.63, 3.8) is 0 Å². The summed E-state index contributed by atoms with van der Waals surface area (Å²) < 4.78 is 0.921. The Labute approximate surface area is 154 Å². The van der Waals surface area contributed by atoms with Crippen molar-refractivity contribution in [3.05, 3.63) is 106 Å². The van der Waals surface area contributed by atoms with Crippen LogP contribution in [0.5, 0.6) is 0 Å². The molecule has 3 aromatic carbocycles. The summed E-state index contributed by atoms with van der Waals surface area (Å²) >= 11 is 3.47. The van der Waals surface area contributed by atoms with Crippen molar-refractivity contribution in [2.24, 2.45) is 10.2 Å². The van der Waals surface area contributed by atoms with Crippen LogP contribution in [0.25, 0.3) is 0 Å². The van der Waals surface area contributed by atoms with Gasteiger partial charge in [-0.05, 0) is 6.07 Å². The third-order valence-corrected chi connectivity index (χ3v) is 4.28. The van der Waals surface area contributed by atoms with Gasteiger partial charge in [-0.2, -0.15) is 5.10 Å². The van der Waals surface area contributed by atoms with Crippen LogP contribution in [-0.4, -0.2) is 17.7 Å². The molecular weight excluding hydrogens is 376 g/mol. The molecule has 0 saturated carbocycles. The van der Waals surface area contributed by atoms with E-state index in [2.05, 4.69) is 26.1 Å². The molecule has 0 spiro atoms. The Morgan fingerprint density at radius 1 is 0.760 bits per heavy atom. The van der Waals surface area contributed by atoms with Crippen LogP contribution in [0.3, 0.4) is 0 Å². The molecule has 0 radical (unpaired) electrons. The van der Waals surface area contributed by atoms with Gasteiger partial charge in [0.15, 0.2) is 0 Å². The molecule has 0 heterocycles. The summed E-state index contributed by atoms with van der Waals surface area (Å²) in [6, 6.07) is 26.2. The van der Waals surface area contributed by atoms with Gasteiger partial charge in [-0.25, -0.2) is 0 Å². The summed E-state index contributed by atoms with van der Waals surface area (Å²) in [6.07, 6.45) is 1.63. The number of hydrogen-bond donors (Lipinski definition) is 0. The molecule has 4 heteroatoms. The number of carbonyl (C=O) groups excluding carboxylic acids is 1. The normalized spacial score (nSPS) is 11.6. The van der Waals surface area contributed by atoms with Gasteiger partial charge in [-0.15, -0.1) is 5.10 Å². The van der Waals surface area contributed by atoms with E-state index in [1.165, 1.54) is 0 Å². The maximum atomic E-state index is 12.8. The van der Waals surface area contributed by atoms with Crippen LogP contribution in [0.15, 0.2) is 99.6 Å². The van der Waals surface area contributed by atoms with Crippen molar-refractivity contribution in [2.75, 3.05) is 0 Å². The van der Waals surface area contributed by atoms with Crippen molar-refractivity contribution >= 4 is 33.6 Å². The van der Waals surface area contributed by atoms with Crippen molar-refractivity contribution < 1.29 is 4.79 Å². The minimum absolute atomic E-state index is 0.156. The van der Waals surface area contributed by atoms with Crippen LogP contribution in [-0.2, 0) is 0 Å². The summed E-state index contributed by atoms with van der Waals surface area (Å²) in [6.45, 7) is 0. The summed E-state index contributed by atoms with van der Waals surface area (Å²) in [5, 5.41) is 8.36. The van der Waals surface area contributed by atoms with Gasteiger partial charge < -0.3 is 0 Å². The monoisotopic (exact) mass is 390 g/mol. The quantitative estimate of drug-likeness (QED) is 0.337. The zero-order valence-corrected chi connectivity index (χ0v) is 14.9. The first-order valence-corrected chi connectivity index (χ1v) is 8.56. The molecule has 3 rings (SSSR count). The lowest BCUT2D eigenvalue weighted by molar-refractivity contribution is 0.106. The predicted molar refractivity (Wildman–Crippen MR) is 105 cm³/mol. The molecule has 0 atom stereocenters. The fourth-order valence-corrected chi connectivity index (χ4v) is 2.67. The molecule has 0 unspecified atom stereocenters. The van der Waals surface area contributed by atoms with Crippen LogP contribution in [0, 0.1) is 0 Å². The molecule has 0 fully saturated rings. The summed E-state index contributed by atoms with van der Waals surface area (Å²) in [7, 11) is 0. The molecule has 3 nitrogen and oxygen atoms in total. The summed E-state index contributed by atoms with van der Waals surface area (Å²) in [5.74, 6) is -0.156. The highest BCUT2D eigenvalue weighted by Crippen LogP contribution is 2.14. The van der Waals surface area contributed by atoms with E-state index < -0.39 is 0 Å². The van der Waals surface area contributed by atoms with Crippen LogP contribution >= 0.6 is 15.9 Å². The third-order valence-electron chi connectivity index (χ3n) is 3.56. The minimum Gasteiger partial charge on any atom is -0.287 e. The first-order valence-electron chi connectivity index (χ1n) is 7.76. The fraction of sp³-hybridized carbons (Fsp3) is 0. The maximum absolute atomic E-state index is 12.8. The van der Waals surface area contributed by atoms with E-state index in [4.69, 9.17) is 0 Å². The van der Waals surface area contributed by atoms with Gasteiger partial charge in [-0.1, -0.05) is 94.8 Å². The second-order valence-corrected chi connectivity index (χ2v) is 6.13. The van der Waals surface area contributed by atoms with E-state index in [0.29, 0.717) is 11.3 Å². The van der Waals surface area contributed by atoms with E-state index in [1.807, 2.05) is 72.8 Å². The number of carbonyl (C=O) groups is 1. The molecule has 0 saturated heterocycles. The Morgan fingerprint density at radius 3 is 1.96 bits per heavy atom. The van der Waals surface area contributed by atoms with Crippen molar-refractivity contribution in [1.29, 1.82) is 0 Å². The van der Waals surface area contributed by atoms with Gasteiger partial charge in [-0.3, -0.25) is 4.79 Å². The molecule has 0 N–H and O–H groups in total. The average molecular weight is 391 g/mol. The van der Waals surface area contributed by atoms with E-state index in [9.17, 15) is 4.79 Å². The van der Waals surface area contributed by atoms with Crippen molar-refractivity contribution in [2.45, 2.75) is 0 Å². The van der Waals surface area contributed by atoms with Gasteiger partial charge in [0, 0.05) is 21.2 Å². The van der Waals surface area contributed by atoms with Gasteiger partial charge in [0.2, 0.25) is 5.78 Å². The first-order chi connectivity index (χ1) is 12.3. The van der Waals surface area contributed by atoms with Crippen LogP contribution in [0.1, 0.15) is 21.5 Å². The molecule has 0 aliphatic carbocycles. The van der Waals surface area contributed by atoms with E-state index in [1.54, 1.807) is 18.3 Å². The standard InChI is InChI=1S/C21H15BrN2O/c22-19-14-8-7-13-18(19)15-23-24-20(16-9-3-1-4-10-16)21(25)17-11-5-2-6-12-17/h1-15H. The molecule has 25 heavy (non-hydrogen) atoms. The number of ketones is 1. The molecule has 3 aromatic rings. The number of benzene rings is 3. The smallest absolute Gasteiger partial charge is 0.213 e. The average Bonchev–Trinajstić information content (AvgIpc) is 2.67.